The normalized spacial score (nSPS) is 30.9. The minimum atomic E-state index is -0.803. The molecular weight excluding hydrogens is 245 g/mol. The molecule has 1 aliphatic heterocycles. The lowest BCUT2D eigenvalue weighted by Crippen LogP contribution is -2.29. The van der Waals surface area contributed by atoms with E-state index in [2.05, 4.69) is 11.8 Å². The predicted molar refractivity (Wildman–Crippen MR) is 67.1 cm³/mol. The maximum atomic E-state index is 10.6. The van der Waals surface area contributed by atoms with Crippen LogP contribution in [0.1, 0.15) is 18.9 Å². The van der Waals surface area contributed by atoms with Crippen LogP contribution in [0.2, 0.25) is 10.0 Å². The molecular formula is C12H15Cl2NO. The Morgan fingerprint density at radius 1 is 1.38 bits per heavy atom. The first-order valence-corrected chi connectivity index (χ1v) is 6.06. The van der Waals surface area contributed by atoms with Gasteiger partial charge in [0.25, 0.3) is 0 Å². The molecule has 16 heavy (non-hydrogen) atoms. The second-order valence-electron chi connectivity index (χ2n) is 4.63. The Bertz CT molecular complexity index is 398. The number of aliphatic hydroxyl groups is 1. The van der Waals surface area contributed by atoms with E-state index in [1.165, 1.54) is 0 Å². The molecule has 4 heteroatoms. The quantitative estimate of drug-likeness (QED) is 0.839. The first-order chi connectivity index (χ1) is 7.42. The lowest BCUT2D eigenvalue weighted by atomic mass is 9.91. The maximum absolute atomic E-state index is 10.6. The van der Waals surface area contributed by atoms with Crippen LogP contribution in [0.4, 0.5) is 0 Å². The van der Waals surface area contributed by atoms with E-state index in [1.54, 1.807) is 12.1 Å². The SMILES string of the molecule is CC1CC(O)(c2ccc(Cl)c(Cl)c2)CN1C. The van der Waals surface area contributed by atoms with Crippen molar-refractivity contribution in [3.63, 3.8) is 0 Å². The Labute approximate surface area is 106 Å². The summed E-state index contributed by atoms with van der Waals surface area (Å²) in [6.45, 7) is 2.74. The summed E-state index contributed by atoms with van der Waals surface area (Å²) in [5.41, 5.74) is 0.0423. The third kappa shape index (κ3) is 2.07. The maximum Gasteiger partial charge on any atom is 0.104 e. The molecule has 1 aliphatic rings. The van der Waals surface area contributed by atoms with Crippen LogP contribution in [0, 0.1) is 0 Å². The summed E-state index contributed by atoms with van der Waals surface area (Å²) in [4.78, 5) is 2.14. The van der Waals surface area contributed by atoms with Gasteiger partial charge in [0.15, 0.2) is 0 Å². The minimum absolute atomic E-state index is 0.374. The fraction of sp³-hybridized carbons (Fsp3) is 0.500. The highest BCUT2D eigenvalue weighted by Crippen LogP contribution is 2.37. The summed E-state index contributed by atoms with van der Waals surface area (Å²) in [7, 11) is 2.01. The first-order valence-electron chi connectivity index (χ1n) is 5.30. The summed E-state index contributed by atoms with van der Waals surface area (Å²) in [6, 6.07) is 5.72. The molecule has 2 unspecified atom stereocenters. The van der Waals surface area contributed by atoms with Crippen LogP contribution in [-0.2, 0) is 5.60 Å². The molecule has 88 valence electrons. The molecule has 2 rings (SSSR count). The standard InChI is InChI=1S/C12H15Cl2NO/c1-8-6-12(16,7-15(8)2)9-3-4-10(13)11(14)5-9/h3-5,8,16H,6-7H2,1-2H3. The molecule has 0 amide bonds. The molecule has 1 aromatic rings. The topological polar surface area (TPSA) is 23.5 Å². The Morgan fingerprint density at radius 2 is 2.06 bits per heavy atom. The molecule has 0 aliphatic carbocycles. The minimum Gasteiger partial charge on any atom is -0.384 e. The number of likely N-dealkylation sites (N-methyl/N-ethyl adjacent to an activating group) is 1. The van der Waals surface area contributed by atoms with Crippen LogP contribution in [0.5, 0.6) is 0 Å². The monoisotopic (exact) mass is 259 g/mol. The van der Waals surface area contributed by atoms with Gasteiger partial charge in [0.05, 0.1) is 10.0 Å². The molecule has 0 bridgehead atoms. The van der Waals surface area contributed by atoms with Crippen molar-refractivity contribution in [1.82, 2.24) is 4.90 Å². The van der Waals surface area contributed by atoms with Crippen molar-refractivity contribution in [3.05, 3.63) is 33.8 Å². The fourth-order valence-electron chi connectivity index (χ4n) is 2.27. The van der Waals surface area contributed by atoms with Crippen molar-refractivity contribution in [1.29, 1.82) is 0 Å². The van der Waals surface area contributed by atoms with Crippen molar-refractivity contribution in [2.45, 2.75) is 25.0 Å². The third-order valence-corrected chi connectivity index (χ3v) is 4.09. The summed E-state index contributed by atoms with van der Waals surface area (Å²) in [5.74, 6) is 0. The molecule has 1 heterocycles. The van der Waals surface area contributed by atoms with Crippen molar-refractivity contribution < 1.29 is 5.11 Å². The highest BCUT2D eigenvalue weighted by molar-refractivity contribution is 6.42. The van der Waals surface area contributed by atoms with Crippen LogP contribution >= 0.6 is 23.2 Å². The van der Waals surface area contributed by atoms with Gasteiger partial charge in [0.2, 0.25) is 0 Å². The smallest absolute Gasteiger partial charge is 0.104 e. The second kappa shape index (κ2) is 4.19. The number of benzene rings is 1. The van der Waals surface area contributed by atoms with E-state index >= 15 is 0 Å². The molecule has 0 aromatic heterocycles. The van der Waals surface area contributed by atoms with Crippen LogP contribution in [0.15, 0.2) is 18.2 Å². The molecule has 1 N–H and O–H groups in total. The van der Waals surface area contributed by atoms with Gasteiger partial charge < -0.3 is 10.0 Å². The van der Waals surface area contributed by atoms with E-state index in [0.29, 0.717) is 22.6 Å². The van der Waals surface area contributed by atoms with Crippen molar-refractivity contribution in [3.8, 4) is 0 Å². The van der Waals surface area contributed by atoms with Gasteiger partial charge >= 0.3 is 0 Å². The lowest BCUT2D eigenvalue weighted by molar-refractivity contribution is 0.0486. The Morgan fingerprint density at radius 3 is 2.56 bits per heavy atom. The highest BCUT2D eigenvalue weighted by Gasteiger charge is 2.40. The van der Waals surface area contributed by atoms with Gasteiger partial charge in [0.1, 0.15) is 5.60 Å². The van der Waals surface area contributed by atoms with Gasteiger partial charge in [-0.1, -0.05) is 29.3 Å². The van der Waals surface area contributed by atoms with Gasteiger partial charge in [-0.3, -0.25) is 0 Å². The van der Waals surface area contributed by atoms with Gasteiger partial charge in [-0.2, -0.15) is 0 Å². The Kier molecular flexibility index (Phi) is 3.19. The summed E-state index contributed by atoms with van der Waals surface area (Å²) < 4.78 is 0. The van der Waals surface area contributed by atoms with Crippen molar-refractivity contribution in [2.24, 2.45) is 0 Å². The summed E-state index contributed by atoms with van der Waals surface area (Å²) in [6.07, 6.45) is 0.724. The van der Waals surface area contributed by atoms with Crippen LogP contribution in [-0.4, -0.2) is 29.6 Å². The first kappa shape index (κ1) is 12.2. The molecule has 2 nitrogen and oxygen atoms in total. The molecule has 0 saturated carbocycles. The summed E-state index contributed by atoms with van der Waals surface area (Å²) >= 11 is 11.8. The molecule has 1 aromatic carbocycles. The zero-order valence-corrected chi connectivity index (χ0v) is 10.9. The molecule has 1 saturated heterocycles. The predicted octanol–water partition coefficient (Wildman–Crippen LogP) is 2.91. The number of rotatable bonds is 1. The number of likely N-dealkylation sites (tertiary alicyclic amines) is 1. The average Bonchev–Trinajstić information content (AvgIpc) is 2.46. The average molecular weight is 260 g/mol. The van der Waals surface area contributed by atoms with Gasteiger partial charge in [-0.15, -0.1) is 0 Å². The largest absolute Gasteiger partial charge is 0.384 e. The number of nitrogens with zero attached hydrogens (tertiary/aromatic N) is 1. The van der Waals surface area contributed by atoms with Gasteiger partial charge in [-0.05, 0) is 38.1 Å². The van der Waals surface area contributed by atoms with Gasteiger partial charge in [-0.25, -0.2) is 0 Å². The van der Waals surface area contributed by atoms with Crippen LogP contribution in [0.3, 0.4) is 0 Å². The van der Waals surface area contributed by atoms with Crippen LogP contribution in [0.25, 0.3) is 0 Å². The molecule has 0 radical (unpaired) electrons. The molecule has 0 spiro atoms. The van der Waals surface area contributed by atoms with E-state index in [4.69, 9.17) is 23.2 Å². The summed E-state index contributed by atoms with van der Waals surface area (Å²) in [5, 5.41) is 11.6. The number of hydrogen-bond donors (Lipinski definition) is 1. The van der Waals surface area contributed by atoms with Gasteiger partial charge in [0, 0.05) is 12.6 Å². The van der Waals surface area contributed by atoms with Crippen molar-refractivity contribution >= 4 is 23.2 Å². The van der Waals surface area contributed by atoms with E-state index in [1.807, 2.05) is 13.1 Å². The van der Waals surface area contributed by atoms with Crippen molar-refractivity contribution in [2.75, 3.05) is 13.6 Å². The molecule has 2 atom stereocenters. The third-order valence-electron chi connectivity index (χ3n) is 3.35. The molecule has 1 fully saturated rings. The van der Waals surface area contributed by atoms with E-state index in [-0.39, 0.29) is 0 Å². The zero-order chi connectivity index (χ0) is 11.9. The van der Waals surface area contributed by atoms with E-state index < -0.39 is 5.60 Å². The zero-order valence-electron chi connectivity index (χ0n) is 9.37. The number of halogens is 2. The highest BCUT2D eigenvalue weighted by atomic mass is 35.5. The number of hydrogen-bond acceptors (Lipinski definition) is 2. The van der Waals surface area contributed by atoms with E-state index in [0.717, 1.165) is 12.0 Å². The fourth-order valence-corrected chi connectivity index (χ4v) is 2.57. The Hall–Kier alpha value is -0.280. The lowest BCUT2D eigenvalue weighted by Gasteiger charge is -2.23. The van der Waals surface area contributed by atoms with E-state index in [9.17, 15) is 5.11 Å². The second-order valence-corrected chi connectivity index (χ2v) is 5.44. The van der Waals surface area contributed by atoms with Crippen LogP contribution < -0.4 is 0 Å². The number of β-amino-alcohol motifs (C(OH)–C–C–N with tert-alkyl or cyclic N) is 1. The Balaban J connectivity index is 2.34.